The molecule has 1 unspecified atom stereocenters. The fraction of sp³-hybridized carbons (Fsp3) is 0.421. The van der Waals surface area contributed by atoms with E-state index in [1.807, 2.05) is 57.7 Å². The van der Waals surface area contributed by atoms with Gasteiger partial charge in [0.1, 0.15) is 23.2 Å². The quantitative estimate of drug-likeness (QED) is 0.106. The van der Waals surface area contributed by atoms with Crippen LogP contribution in [0, 0.1) is 0 Å². The van der Waals surface area contributed by atoms with E-state index in [9.17, 15) is 61.8 Å². The van der Waals surface area contributed by atoms with E-state index in [1.165, 1.54) is 6.07 Å². The van der Waals surface area contributed by atoms with Crippen LogP contribution in [0.4, 0.5) is 5.69 Å². The second kappa shape index (κ2) is 15.0. The lowest BCUT2D eigenvalue weighted by atomic mass is 9.69. The molecule has 1 atom stereocenters. The minimum absolute atomic E-state index is 0.0507. The van der Waals surface area contributed by atoms with Gasteiger partial charge in [0.15, 0.2) is 5.54 Å². The third-order valence-electron chi connectivity index (χ3n) is 11.2. The zero-order valence-corrected chi connectivity index (χ0v) is 36.1. The monoisotopic (exact) mass is 896 g/mol. The maximum Gasteiger partial charge on any atom is 0.326 e. The summed E-state index contributed by atoms with van der Waals surface area (Å²) in [4.78, 5) is 13.1. The van der Waals surface area contributed by atoms with Crippen molar-refractivity contribution in [1.82, 2.24) is 9.89 Å². The number of nitrogens with one attached hydrogen (secondary N) is 1. The molecular formula is C38H46N3O14S4+. The second-order valence-electron chi connectivity index (χ2n) is 16.1. The SMILES string of the molecule is CC[N+]1=c2cc3c(cc2C(CS(=O)(=O)O)=CC1(C)C)=C(NC(CCS(=O)(=O)O)C(=O)O)c1cc2c(cc1C3(C)C)N(Cc1ccc(S(=O)(=O)O)cc1S(=O)(=O)O)CCC2. The van der Waals surface area contributed by atoms with Crippen LogP contribution < -0.4 is 25.4 Å². The summed E-state index contributed by atoms with van der Waals surface area (Å²) in [5, 5.41) is 14.5. The first-order chi connectivity index (χ1) is 27.0. The van der Waals surface area contributed by atoms with E-state index in [2.05, 4.69) is 9.89 Å². The van der Waals surface area contributed by atoms with E-state index in [4.69, 9.17) is 0 Å². The number of aryl methyl sites for hydroxylation is 1. The molecule has 0 fully saturated rings. The van der Waals surface area contributed by atoms with E-state index in [0.29, 0.717) is 76.1 Å². The molecule has 6 N–H and O–H groups in total. The van der Waals surface area contributed by atoms with Crippen LogP contribution in [0.2, 0.25) is 0 Å². The first-order valence-corrected chi connectivity index (χ1v) is 24.6. The van der Waals surface area contributed by atoms with Crippen molar-refractivity contribution in [2.75, 3.05) is 29.5 Å². The van der Waals surface area contributed by atoms with Crippen molar-refractivity contribution >= 4 is 63.4 Å². The maximum atomic E-state index is 12.7. The highest BCUT2D eigenvalue weighted by molar-refractivity contribution is 7.87. The molecule has 0 saturated heterocycles. The average molecular weight is 897 g/mol. The Morgan fingerprint density at radius 2 is 1.54 bits per heavy atom. The normalized spacial score (nSPS) is 17.9. The molecular weight excluding hydrogens is 851 g/mol. The molecule has 3 aromatic rings. The van der Waals surface area contributed by atoms with Crippen LogP contribution in [0.3, 0.4) is 0 Å². The molecule has 0 saturated carbocycles. The fourth-order valence-electron chi connectivity index (χ4n) is 8.59. The van der Waals surface area contributed by atoms with Crippen molar-refractivity contribution in [2.24, 2.45) is 0 Å². The van der Waals surface area contributed by atoms with Gasteiger partial charge in [-0.15, -0.1) is 0 Å². The zero-order valence-electron chi connectivity index (χ0n) is 32.8. The number of fused-ring (bicyclic) bond motifs is 4. The molecule has 1 aliphatic carbocycles. The number of carboxylic acids is 1. The standard InChI is InChI=1S/C38H45N3O14S4/c1-6-41-33-18-30-28(16-26(33)24(19-37(41,2)3)21-57(47,48)49)35(39-31(36(42)43)11-13-56(44,45)46)27-14-22-8-7-12-40(32(22)17-29(27)38(30,4)5)20-23-9-10-25(58(50,51)52)15-34(23)59(53,54)55/h9-10,14-19,31H,6-8,11-13,20-21H2,1-5H3,(H5,42,43,44,45,46,47,48,49,50,51,52,53,54,55)/p+1. The molecule has 59 heavy (non-hydrogen) atoms. The van der Waals surface area contributed by atoms with Crippen molar-refractivity contribution in [3.63, 3.8) is 0 Å². The first kappa shape index (κ1) is 44.3. The van der Waals surface area contributed by atoms with E-state index >= 15 is 0 Å². The Morgan fingerprint density at radius 1 is 0.864 bits per heavy atom. The van der Waals surface area contributed by atoms with Gasteiger partial charge >= 0.3 is 5.97 Å². The van der Waals surface area contributed by atoms with Crippen LogP contribution in [0.5, 0.6) is 0 Å². The van der Waals surface area contributed by atoms with Gasteiger partial charge in [-0.25, -0.2) is 9.37 Å². The molecule has 0 spiro atoms. The minimum Gasteiger partial charge on any atom is -0.480 e. The largest absolute Gasteiger partial charge is 0.480 e. The van der Waals surface area contributed by atoms with E-state index < -0.39 is 91.2 Å². The number of likely N-dealkylation sites (N-methyl/N-ethyl adjacent to an activating group) is 1. The van der Waals surface area contributed by atoms with Crippen LogP contribution in [0.15, 0.2) is 58.3 Å². The smallest absolute Gasteiger partial charge is 0.326 e. The number of aliphatic carboxylic acids is 1. The van der Waals surface area contributed by atoms with Gasteiger partial charge in [0.05, 0.1) is 21.9 Å². The van der Waals surface area contributed by atoms with Crippen molar-refractivity contribution < 1.29 is 61.8 Å². The summed E-state index contributed by atoms with van der Waals surface area (Å²) in [7, 11) is -18.8. The van der Waals surface area contributed by atoms with Crippen LogP contribution in [0.25, 0.3) is 11.3 Å². The molecule has 2 heterocycles. The Hall–Kier alpha value is -4.22. The Balaban J connectivity index is 1.63. The molecule has 3 aromatic carbocycles. The molecule has 320 valence electrons. The lowest BCUT2D eigenvalue weighted by Crippen LogP contribution is -2.51. The number of anilines is 1. The van der Waals surface area contributed by atoms with Gasteiger partial charge in [-0.05, 0) is 90.4 Å². The highest BCUT2D eigenvalue weighted by Crippen LogP contribution is 2.43. The van der Waals surface area contributed by atoms with Crippen molar-refractivity contribution in [3.05, 3.63) is 92.5 Å². The number of carboxylic acid groups (broad SMARTS) is 1. The molecule has 0 bridgehead atoms. The summed E-state index contributed by atoms with van der Waals surface area (Å²) in [6, 6.07) is 8.78. The van der Waals surface area contributed by atoms with Gasteiger partial charge in [0.25, 0.3) is 40.5 Å². The highest BCUT2D eigenvalue weighted by Gasteiger charge is 2.40. The van der Waals surface area contributed by atoms with Gasteiger partial charge in [0.2, 0.25) is 5.36 Å². The van der Waals surface area contributed by atoms with Gasteiger partial charge in [-0.3, -0.25) is 18.2 Å². The molecule has 0 amide bonds. The Labute approximate surface area is 342 Å². The number of rotatable bonds is 13. The third-order valence-corrected chi connectivity index (χ3v) is 14.4. The summed E-state index contributed by atoms with van der Waals surface area (Å²) in [6.07, 6.45) is 2.32. The number of nitrogens with zero attached hydrogens (tertiary/aromatic N) is 2. The van der Waals surface area contributed by atoms with Crippen LogP contribution in [-0.4, -0.2) is 99.1 Å². The van der Waals surface area contributed by atoms with Crippen LogP contribution in [0.1, 0.15) is 80.8 Å². The molecule has 3 aliphatic rings. The van der Waals surface area contributed by atoms with Crippen LogP contribution >= 0.6 is 0 Å². The summed E-state index contributed by atoms with van der Waals surface area (Å²) in [6.45, 7) is 10.4. The number of benzene rings is 3. The minimum atomic E-state index is -4.96. The summed E-state index contributed by atoms with van der Waals surface area (Å²) >= 11 is 0. The van der Waals surface area contributed by atoms with Gasteiger partial charge in [0, 0.05) is 54.9 Å². The van der Waals surface area contributed by atoms with Gasteiger partial charge in [-0.2, -0.15) is 33.7 Å². The van der Waals surface area contributed by atoms with Crippen molar-refractivity contribution in [2.45, 2.75) is 87.2 Å². The molecule has 0 radical (unpaired) electrons. The molecule has 0 aromatic heterocycles. The Morgan fingerprint density at radius 3 is 2.12 bits per heavy atom. The highest BCUT2D eigenvalue weighted by atomic mass is 32.2. The molecule has 2 aliphatic heterocycles. The average Bonchev–Trinajstić information content (AvgIpc) is 3.08. The van der Waals surface area contributed by atoms with E-state index in [0.717, 1.165) is 11.6 Å². The third kappa shape index (κ3) is 8.97. The molecule has 6 rings (SSSR count). The van der Waals surface area contributed by atoms with E-state index in [-0.39, 0.29) is 17.8 Å². The van der Waals surface area contributed by atoms with E-state index in [1.54, 1.807) is 12.1 Å². The lowest BCUT2D eigenvalue weighted by Gasteiger charge is -2.39. The second-order valence-corrected chi connectivity index (χ2v) is 21.9. The van der Waals surface area contributed by atoms with Crippen LogP contribution in [-0.2, 0) is 63.6 Å². The topological polar surface area (TPSA) is 273 Å². The first-order valence-electron chi connectivity index (χ1n) is 18.5. The summed E-state index contributed by atoms with van der Waals surface area (Å²) in [5.74, 6) is -2.97. The summed E-state index contributed by atoms with van der Waals surface area (Å²) in [5.41, 5.74) is 2.88. The Bertz CT molecular complexity index is 2920. The zero-order chi connectivity index (χ0) is 43.8. The van der Waals surface area contributed by atoms with Gasteiger partial charge in [-0.1, -0.05) is 19.9 Å². The predicted molar refractivity (Wildman–Crippen MR) is 218 cm³/mol. The Kier molecular flexibility index (Phi) is 11.3. The number of carbonyl (C=O) groups is 1. The van der Waals surface area contributed by atoms with Crippen molar-refractivity contribution in [3.8, 4) is 0 Å². The molecule has 17 nitrogen and oxygen atoms in total. The van der Waals surface area contributed by atoms with Crippen molar-refractivity contribution in [1.29, 1.82) is 0 Å². The predicted octanol–water partition coefficient (Wildman–Crippen LogP) is 1.82. The number of hydrogen-bond acceptors (Lipinski definition) is 11. The fourth-order valence-corrected chi connectivity index (χ4v) is 11.1. The lowest BCUT2D eigenvalue weighted by molar-refractivity contribution is -0.139. The number of hydrogen-bond donors (Lipinski definition) is 6. The maximum absolute atomic E-state index is 12.7. The van der Waals surface area contributed by atoms with Gasteiger partial charge < -0.3 is 15.3 Å². The summed E-state index contributed by atoms with van der Waals surface area (Å²) < 4.78 is 138. The molecule has 21 heteroatoms.